The van der Waals surface area contributed by atoms with Crippen molar-refractivity contribution in [3.05, 3.63) is 0 Å². The Morgan fingerprint density at radius 3 is 1.57 bits per heavy atom. The van der Waals surface area contributed by atoms with E-state index in [-0.39, 0.29) is 18.1 Å². The highest BCUT2D eigenvalue weighted by Crippen LogP contribution is 2.31. The number of hydrogen-bond donors (Lipinski definition) is 3. The summed E-state index contributed by atoms with van der Waals surface area (Å²) in [5, 5.41) is 17.5. The number of carbonyl (C=O) groups is 2. The van der Waals surface area contributed by atoms with E-state index in [0.717, 1.165) is 17.2 Å². The fourth-order valence-corrected chi connectivity index (χ4v) is 4.00. The molecule has 0 aliphatic rings. The summed E-state index contributed by atoms with van der Waals surface area (Å²) >= 11 is 4.24. The monoisotopic (exact) mass is 496 g/mol. The lowest BCUT2D eigenvalue weighted by molar-refractivity contribution is -0.138. The van der Waals surface area contributed by atoms with E-state index in [1.165, 1.54) is 12.5 Å². The zero-order chi connectivity index (χ0) is 22.9. The molecule has 0 aromatic heterocycles. The molecule has 6 nitrogen and oxygen atoms in total. The number of carboxylic acids is 2. The van der Waals surface area contributed by atoms with E-state index in [1.54, 1.807) is 21.6 Å². The molecule has 0 fully saturated rings. The van der Waals surface area contributed by atoms with Gasteiger partial charge in [0, 0.05) is 29.6 Å². The van der Waals surface area contributed by atoms with Gasteiger partial charge in [0.2, 0.25) is 0 Å². The molecule has 2 atom stereocenters. The maximum atomic E-state index is 10.3. The summed E-state index contributed by atoms with van der Waals surface area (Å²) in [6.07, 6.45) is 6.70. The highest BCUT2D eigenvalue weighted by atomic mass is 33.1. The van der Waals surface area contributed by atoms with Crippen molar-refractivity contribution in [1.29, 1.82) is 0 Å². The minimum Gasteiger partial charge on any atom is -0.481 e. The molecule has 0 aromatic rings. The van der Waals surface area contributed by atoms with Crippen molar-refractivity contribution in [2.45, 2.75) is 63.9 Å². The Morgan fingerprint density at radius 2 is 1.32 bits per heavy atom. The van der Waals surface area contributed by atoms with Gasteiger partial charge in [-0.15, -0.1) is 0 Å². The highest BCUT2D eigenvalue weighted by molar-refractivity contribution is 8.76. The lowest BCUT2D eigenvalue weighted by Crippen LogP contribution is -2.12. The van der Waals surface area contributed by atoms with Crippen LogP contribution in [0, 0.1) is 11.8 Å². The quantitative estimate of drug-likeness (QED) is 0.269. The minimum absolute atomic E-state index is 0.219. The number of thiol groups is 1. The zero-order valence-electron chi connectivity index (χ0n) is 17.7. The maximum Gasteiger partial charge on any atom is 0.303 e. The Bertz CT molecular complexity index is 508. The van der Waals surface area contributed by atoms with Gasteiger partial charge in [-0.05, 0) is 48.0 Å². The van der Waals surface area contributed by atoms with Crippen LogP contribution in [-0.2, 0) is 18.5 Å². The molecule has 0 aromatic carbocycles. The fourth-order valence-electron chi connectivity index (χ4n) is 1.49. The van der Waals surface area contributed by atoms with Crippen LogP contribution in [0.25, 0.3) is 0 Å². The molecule has 170 valence electrons. The highest BCUT2D eigenvalue weighted by Gasteiger charge is 2.14. The van der Waals surface area contributed by atoms with Crippen molar-refractivity contribution >= 4 is 65.8 Å². The van der Waals surface area contributed by atoms with Gasteiger partial charge in [-0.3, -0.25) is 9.59 Å². The molecular weight excluding hydrogens is 461 g/mol. The summed E-state index contributed by atoms with van der Waals surface area (Å²) in [5.74, 6) is -0.411. The third-order valence-corrected chi connectivity index (χ3v) is 9.15. The van der Waals surface area contributed by atoms with Crippen LogP contribution in [-0.4, -0.2) is 59.8 Å². The van der Waals surface area contributed by atoms with Gasteiger partial charge in [-0.1, -0.05) is 49.3 Å². The second-order valence-corrected chi connectivity index (χ2v) is 14.5. The second-order valence-electron chi connectivity index (χ2n) is 6.59. The Hall–Kier alpha value is 0.290. The molecule has 0 rings (SSSR count). The van der Waals surface area contributed by atoms with Crippen molar-refractivity contribution in [2.75, 3.05) is 18.8 Å². The first-order valence-corrected chi connectivity index (χ1v) is 15.5. The van der Waals surface area contributed by atoms with Crippen LogP contribution in [0.5, 0.6) is 0 Å². The molecular formula is C17H36O6S5. The Morgan fingerprint density at radius 1 is 0.929 bits per heavy atom. The standard InChI is InChI=1S/C8H16O2S2.C7H14O2S.C2H6O2S2/c1-6(2)7(12-11-3)4-5-8(9)10;1-5(2)6(10)3-4-7(8)9;1-5-6(2,3)4/h6-7H,4-5H2,1-3H3,(H,9,10);5-6,10H,3-4H2,1-2H3,(H,8,9);1-2H3. The lowest BCUT2D eigenvalue weighted by atomic mass is 10.1. The van der Waals surface area contributed by atoms with Crippen molar-refractivity contribution in [3.63, 3.8) is 0 Å². The number of hydrogen-bond acceptors (Lipinski definition) is 8. The van der Waals surface area contributed by atoms with Crippen LogP contribution in [0.1, 0.15) is 53.4 Å². The molecule has 0 aliphatic carbocycles. The van der Waals surface area contributed by atoms with Crippen LogP contribution in [0.4, 0.5) is 0 Å². The van der Waals surface area contributed by atoms with E-state index in [0.29, 0.717) is 23.5 Å². The van der Waals surface area contributed by atoms with Gasteiger partial charge < -0.3 is 10.2 Å². The molecule has 0 saturated carbocycles. The predicted molar refractivity (Wildman–Crippen MR) is 129 cm³/mol. The first kappa shape index (κ1) is 32.9. The van der Waals surface area contributed by atoms with E-state index in [2.05, 4.69) is 26.5 Å². The van der Waals surface area contributed by atoms with Crippen molar-refractivity contribution in [1.82, 2.24) is 0 Å². The molecule has 11 heteroatoms. The zero-order valence-corrected chi connectivity index (χ0v) is 21.9. The van der Waals surface area contributed by atoms with Crippen LogP contribution < -0.4 is 0 Å². The minimum atomic E-state index is -2.75. The fraction of sp³-hybridized carbons (Fsp3) is 0.882. The molecule has 0 heterocycles. The predicted octanol–water partition coefficient (Wildman–Crippen LogP) is 5.00. The Balaban J connectivity index is -0.000000354. The van der Waals surface area contributed by atoms with E-state index in [4.69, 9.17) is 10.2 Å². The van der Waals surface area contributed by atoms with Crippen LogP contribution in [0.15, 0.2) is 0 Å². The SMILES string of the molecule is CC(C)C(S)CCC(=O)O.CSS(C)(=O)=O.CSSC(CCC(=O)O)C(C)C. The van der Waals surface area contributed by atoms with Crippen LogP contribution in [0.3, 0.4) is 0 Å². The molecule has 0 aliphatic heterocycles. The molecule has 2 unspecified atom stereocenters. The summed E-state index contributed by atoms with van der Waals surface area (Å²) in [6.45, 7) is 8.35. The molecule has 28 heavy (non-hydrogen) atoms. The molecule has 0 spiro atoms. The Labute approximate surface area is 187 Å². The van der Waals surface area contributed by atoms with Gasteiger partial charge in [0.1, 0.15) is 0 Å². The summed E-state index contributed by atoms with van der Waals surface area (Å²) in [7, 11) is 1.60. The molecule has 0 saturated heterocycles. The summed E-state index contributed by atoms with van der Waals surface area (Å²) < 4.78 is 19.9. The van der Waals surface area contributed by atoms with E-state index in [9.17, 15) is 18.0 Å². The normalized spacial score (nSPS) is 13.1. The van der Waals surface area contributed by atoms with Gasteiger partial charge in [0.15, 0.2) is 8.87 Å². The molecule has 0 radical (unpaired) electrons. The second kappa shape index (κ2) is 19.3. The Kier molecular flexibility index (Phi) is 22.7. The maximum absolute atomic E-state index is 10.3. The third kappa shape index (κ3) is 28.5. The van der Waals surface area contributed by atoms with E-state index < -0.39 is 20.8 Å². The summed E-state index contributed by atoms with van der Waals surface area (Å²) in [6, 6.07) is 0. The number of rotatable bonds is 11. The molecule has 0 amide bonds. The number of aliphatic carboxylic acids is 2. The number of carboxylic acid groups (broad SMARTS) is 2. The van der Waals surface area contributed by atoms with Crippen molar-refractivity contribution in [2.24, 2.45) is 11.8 Å². The van der Waals surface area contributed by atoms with E-state index >= 15 is 0 Å². The topological polar surface area (TPSA) is 109 Å². The average molecular weight is 497 g/mol. The first-order valence-electron chi connectivity index (χ1n) is 8.74. The third-order valence-electron chi connectivity index (χ3n) is 3.33. The van der Waals surface area contributed by atoms with Gasteiger partial charge in [-0.25, -0.2) is 8.42 Å². The average Bonchev–Trinajstić information content (AvgIpc) is 2.56. The lowest BCUT2D eigenvalue weighted by Gasteiger charge is -2.17. The molecule has 0 bridgehead atoms. The van der Waals surface area contributed by atoms with Crippen molar-refractivity contribution in [3.8, 4) is 0 Å². The van der Waals surface area contributed by atoms with Gasteiger partial charge in [0.25, 0.3) is 0 Å². The van der Waals surface area contributed by atoms with Gasteiger partial charge in [-0.2, -0.15) is 12.6 Å². The largest absolute Gasteiger partial charge is 0.481 e. The van der Waals surface area contributed by atoms with Crippen LogP contribution in [0.2, 0.25) is 0 Å². The van der Waals surface area contributed by atoms with Gasteiger partial charge >= 0.3 is 11.9 Å². The smallest absolute Gasteiger partial charge is 0.303 e. The summed E-state index contributed by atoms with van der Waals surface area (Å²) in [4.78, 5) is 20.4. The molecule has 2 N–H and O–H groups in total. The van der Waals surface area contributed by atoms with Crippen LogP contribution >= 0.6 is 45.0 Å². The van der Waals surface area contributed by atoms with Gasteiger partial charge in [0.05, 0.1) is 0 Å². The van der Waals surface area contributed by atoms with Crippen molar-refractivity contribution < 1.29 is 28.2 Å². The summed E-state index contributed by atoms with van der Waals surface area (Å²) in [5.41, 5.74) is 0. The van der Waals surface area contributed by atoms with E-state index in [1.807, 2.05) is 20.1 Å². The first-order chi connectivity index (χ1) is 12.7.